The van der Waals surface area contributed by atoms with E-state index in [4.69, 9.17) is 10.2 Å². The summed E-state index contributed by atoms with van der Waals surface area (Å²) in [5.41, 5.74) is 6.23. The Bertz CT molecular complexity index is 539. The Hall–Kier alpha value is -1.82. The largest absolute Gasteiger partial charge is 0.456 e. The molecule has 1 aromatic rings. The van der Waals surface area contributed by atoms with E-state index in [1.54, 1.807) is 0 Å². The number of piperidine rings is 1. The van der Waals surface area contributed by atoms with Crippen molar-refractivity contribution in [1.29, 1.82) is 0 Å². The summed E-state index contributed by atoms with van der Waals surface area (Å²) in [6.45, 7) is 5.24. The monoisotopic (exact) mass is 307 g/mol. The fourth-order valence-electron chi connectivity index (χ4n) is 2.92. The summed E-state index contributed by atoms with van der Waals surface area (Å²) in [6, 6.07) is 1.89. The Morgan fingerprint density at radius 1 is 1.41 bits per heavy atom. The van der Waals surface area contributed by atoms with Crippen LogP contribution in [0.4, 0.5) is 0 Å². The van der Waals surface area contributed by atoms with Crippen LogP contribution < -0.4 is 11.1 Å². The van der Waals surface area contributed by atoms with Crippen molar-refractivity contribution in [2.45, 2.75) is 45.6 Å². The summed E-state index contributed by atoms with van der Waals surface area (Å²) in [7, 11) is 0. The van der Waals surface area contributed by atoms with E-state index in [1.807, 2.05) is 24.8 Å². The molecule has 3 N–H and O–H groups in total. The van der Waals surface area contributed by atoms with E-state index in [0.29, 0.717) is 31.8 Å². The molecule has 2 amide bonds. The van der Waals surface area contributed by atoms with Crippen LogP contribution in [0, 0.1) is 13.8 Å². The molecule has 0 aliphatic carbocycles. The summed E-state index contributed by atoms with van der Waals surface area (Å²) in [4.78, 5) is 26.1. The molecule has 0 radical (unpaired) electrons. The van der Waals surface area contributed by atoms with Crippen molar-refractivity contribution in [3.8, 4) is 0 Å². The number of hydrogen-bond acceptors (Lipinski definition) is 4. The number of hydrogen-bond donors (Lipinski definition) is 2. The third-order valence-electron chi connectivity index (χ3n) is 4.03. The van der Waals surface area contributed by atoms with Crippen LogP contribution in [0.25, 0.3) is 0 Å². The third kappa shape index (κ3) is 3.88. The molecule has 2 rings (SSSR count). The van der Waals surface area contributed by atoms with Gasteiger partial charge in [0.15, 0.2) is 5.76 Å². The Labute approximate surface area is 131 Å². The summed E-state index contributed by atoms with van der Waals surface area (Å²) in [6.07, 6.45) is 3.26. The number of aryl methyl sites for hydroxylation is 2. The Morgan fingerprint density at radius 2 is 2.18 bits per heavy atom. The van der Waals surface area contributed by atoms with Crippen molar-refractivity contribution < 1.29 is 14.0 Å². The first-order chi connectivity index (χ1) is 10.5. The minimum absolute atomic E-state index is 0.0211. The van der Waals surface area contributed by atoms with E-state index in [9.17, 15) is 9.59 Å². The normalized spacial score (nSPS) is 18.3. The maximum absolute atomic E-state index is 12.7. The van der Waals surface area contributed by atoms with Crippen LogP contribution in [-0.4, -0.2) is 42.4 Å². The fourth-order valence-corrected chi connectivity index (χ4v) is 2.92. The van der Waals surface area contributed by atoms with E-state index >= 15 is 0 Å². The van der Waals surface area contributed by atoms with E-state index in [0.717, 1.165) is 30.6 Å². The van der Waals surface area contributed by atoms with E-state index in [-0.39, 0.29) is 17.9 Å². The van der Waals surface area contributed by atoms with Gasteiger partial charge in [-0.3, -0.25) is 9.59 Å². The van der Waals surface area contributed by atoms with Crippen LogP contribution >= 0.6 is 0 Å². The first kappa shape index (κ1) is 16.5. The predicted molar refractivity (Wildman–Crippen MR) is 83.5 cm³/mol. The van der Waals surface area contributed by atoms with Crippen molar-refractivity contribution >= 4 is 11.8 Å². The average molecular weight is 307 g/mol. The molecule has 0 aromatic carbocycles. The first-order valence-corrected chi connectivity index (χ1v) is 7.87. The molecule has 1 atom stereocenters. The van der Waals surface area contributed by atoms with Crippen LogP contribution in [0.15, 0.2) is 10.5 Å². The SMILES string of the molecule is Cc1cc(C)c(C(=O)N2CCCCC2CNC(=O)CCN)o1. The van der Waals surface area contributed by atoms with Crippen LogP contribution in [0.5, 0.6) is 0 Å². The number of likely N-dealkylation sites (tertiary alicyclic amines) is 1. The number of nitrogens with one attached hydrogen (secondary N) is 1. The van der Waals surface area contributed by atoms with Crippen LogP contribution in [0.3, 0.4) is 0 Å². The zero-order valence-electron chi connectivity index (χ0n) is 13.4. The minimum atomic E-state index is -0.0802. The van der Waals surface area contributed by atoms with Crippen LogP contribution in [-0.2, 0) is 4.79 Å². The van der Waals surface area contributed by atoms with Crippen molar-refractivity contribution in [2.75, 3.05) is 19.6 Å². The minimum Gasteiger partial charge on any atom is -0.456 e. The quantitative estimate of drug-likeness (QED) is 0.859. The smallest absolute Gasteiger partial charge is 0.290 e. The van der Waals surface area contributed by atoms with Crippen molar-refractivity contribution in [2.24, 2.45) is 5.73 Å². The predicted octanol–water partition coefficient (Wildman–Crippen LogP) is 1.36. The highest BCUT2D eigenvalue weighted by Gasteiger charge is 2.30. The van der Waals surface area contributed by atoms with Gasteiger partial charge in [-0.25, -0.2) is 0 Å². The second-order valence-electron chi connectivity index (χ2n) is 5.86. The molecule has 1 aliphatic rings. The van der Waals surface area contributed by atoms with Gasteiger partial charge in [-0.1, -0.05) is 0 Å². The maximum atomic E-state index is 12.7. The molecule has 0 bridgehead atoms. The molecule has 6 heteroatoms. The van der Waals surface area contributed by atoms with Gasteiger partial charge in [0.2, 0.25) is 5.91 Å². The Balaban J connectivity index is 2.04. The number of carbonyl (C=O) groups excluding carboxylic acids is 2. The zero-order valence-corrected chi connectivity index (χ0v) is 13.4. The molecule has 1 fully saturated rings. The second-order valence-corrected chi connectivity index (χ2v) is 5.86. The highest BCUT2D eigenvalue weighted by atomic mass is 16.4. The number of nitrogens with two attached hydrogens (primary N) is 1. The Kier molecular flexibility index (Phi) is 5.60. The lowest BCUT2D eigenvalue weighted by Crippen LogP contribution is -2.49. The first-order valence-electron chi connectivity index (χ1n) is 7.87. The summed E-state index contributed by atoms with van der Waals surface area (Å²) in [5.74, 6) is 1.01. The van der Waals surface area contributed by atoms with Crippen molar-refractivity contribution in [1.82, 2.24) is 10.2 Å². The van der Waals surface area contributed by atoms with E-state index in [1.165, 1.54) is 0 Å². The molecule has 1 aliphatic heterocycles. The lowest BCUT2D eigenvalue weighted by molar-refractivity contribution is -0.121. The number of carbonyl (C=O) groups is 2. The number of amides is 2. The average Bonchev–Trinajstić information content (AvgIpc) is 2.84. The number of furan rings is 1. The standard InChI is InChI=1S/C16H25N3O3/c1-11-9-12(2)22-15(11)16(21)19-8-4-3-5-13(19)10-18-14(20)6-7-17/h9,13H,3-8,10,17H2,1-2H3,(H,18,20). The molecule has 1 aromatic heterocycles. The molecule has 1 unspecified atom stereocenters. The lowest BCUT2D eigenvalue weighted by Gasteiger charge is -2.35. The van der Waals surface area contributed by atoms with Gasteiger partial charge in [0, 0.05) is 37.7 Å². The molecule has 0 saturated carbocycles. The van der Waals surface area contributed by atoms with Gasteiger partial charge in [-0.15, -0.1) is 0 Å². The molecule has 2 heterocycles. The van der Waals surface area contributed by atoms with E-state index in [2.05, 4.69) is 5.32 Å². The molecular formula is C16H25N3O3. The topological polar surface area (TPSA) is 88.6 Å². The lowest BCUT2D eigenvalue weighted by atomic mass is 10.0. The summed E-state index contributed by atoms with van der Waals surface area (Å²) < 4.78 is 5.55. The Morgan fingerprint density at radius 3 is 2.82 bits per heavy atom. The molecule has 6 nitrogen and oxygen atoms in total. The van der Waals surface area contributed by atoms with Crippen molar-refractivity contribution in [3.05, 3.63) is 23.2 Å². The molecule has 1 saturated heterocycles. The van der Waals surface area contributed by atoms with Gasteiger partial charge < -0.3 is 20.4 Å². The van der Waals surface area contributed by atoms with Gasteiger partial charge in [0.25, 0.3) is 5.91 Å². The maximum Gasteiger partial charge on any atom is 0.290 e. The van der Waals surface area contributed by atoms with E-state index < -0.39 is 0 Å². The zero-order chi connectivity index (χ0) is 16.1. The summed E-state index contributed by atoms with van der Waals surface area (Å²) in [5, 5.41) is 2.87. The fraction of sp³-hybridized carbons (Fsp3) is 0.625. The highest BCUT2D eigenvalue weighted by Crippen LogP contribution is 2.22. The van der Waals surface area contributed by atoms with Gasteiger partial charge in [0.1, 0.15) is 5.76 Å². The summed E-state index contributed by atoms with van der Waals surface area (Å²) >= 11 is 0. The van der Waals surface area contributed by atoms with Crippen molar-refractivity contribution in [3.63, 3.8) is 0 Å². The second kappa shape index (κ2) is 7.45. The van der Waals surface area contributed by atoms with Gasteiger partial charge >= 0.3 is 0 Å². The number of nitrogens with zero attached hydrogens (tertiary/aromatic N) is 1. The van der Waals surface area contributed by atoms with Gasteiger partial charge in [-0.2, -0.15) is 0 Å². The number of rotatable bonds is 5. The molecule has 0 spiro atoms. The van der Waals surface area contributed by atoms with Gasteiger partial charge in [0.05, 0.1) is 0 Å². The highest BCUT2D eigenvalue weighted by molar-refractivity contribution is 5.93. The van der Waals surface area contributed by atoms with Gasteiger partial charge in [-0.05, 0) is 39.2 Å². The molecule has 122 valence electrons. The molecular weight excluding hydrogens is 282 g/mol. The van der Waals surface area contributed by atoms with Crippen LogP contribution in [0.2, 0.25) is 0 Å². The van der Waals surface area contributed by atoms with Crippen LogP contribution in [0.1, 0.15) is 47.6 Å². The molecule has 22 heavy (non-hydrogen) atoms. The third-order valence-corrected chi connectivity index (χ3v) is 4.03.